The van der Waals surface area contributed by atoms with Crippen molar-refractivity contribution in [1.29, 1.82) is 0 Å². The molecule has 0 heterocycles. The average molecular weight is 151 g/mol. The van der Waals surface area contributed by atoms with Crippen LogP contribution in [0.2, 0.25) is 0 Å². The Labute approximate surface area is 87.3 Å². The molecule has 0 radical (unpaired) electrons. The quantitative estimate of drug-likeness (QED) is 0.374. The van der Waals surface area contributed by atoms with Gasteiger partial charge >= 0.3 is 29.6 Å². The van der Waals surface area contributed by atoms with Crippen LogP contribution in [0.15, 0.2) is 0 Å². The van der Waals surface area contributed by atoms with E-state index in [1.165, 1.54) is 25.7 Å². The van der Waals surface area contributed by atoms with Crippen LogP contribution in [0.5, 0.6) is 0 Å². The van der Waals surface area contributed by atoms with Gasteiger partial charge in [-0.1, -0.05) is 39.5 Å². The molecular weight excluding hydrogens is 133 g/mol. The third-order valence-electron chi connectivity index (χ3n) is 1.34. The van der Waals surface area contributed by atoms with E-state index >= 15 is 0 Å². The predicted octanol–water partition coefficient (Wildman–Crippen LogP) is -0.0357. The van der Waals surface area contributed by atoms with Gasteiger partial charge in [0, 0.05) is 0 Å². The molecular formula is C8H18NNa. The van der Waals surface area contributed by atoms with Crippen molar-refractivity contribution in [1.82, 2.24) is 0 Å². The van der Waals surface area contributed by atoms with Gasteiger partial charge in [0.1, 0.15) is 0 Å². The molecule has 0 aliphatic rings. The summed E-state index contributed by atoms with van der Waals surface area (Å²) < 4.78 is 0. The van der Waals surface area contributed by atoms with E-state index in [2.05, 4.69) is 19.2 Å². The summed E-state index contributed by atoms with van der Waals surface area (Å²) in [7, 11) is 0. The Hall–Kier alpha value is 0.960. The first-order chi connectivity index (χ1) is 4.41. The maximum atomic E-state index is 4.35. The van der Waals surface area contributed by atoms with Gasteiger partial charge in [-0.15, -0.1) is 13.1 Å². The SMILES string of the molecule is CCCC[N-]CCCC.[Na+]. The Morgan fingerprint density at radius 3 is 1.60 bits per heavy atom. The van der Waals surface area contributed by atoms with Gasteiger partial charge in [0.25, 0.3) is 0 Å². The summed E-state index contributed by atoms with van der Waals surface area (Å²) in [5.41, 5.74) is 0. The molecule has 2 heteroatoms. The van der Waals surface area contributed by atoms with E-state index in [0.717, 1.165) is 13.1 Å². The maximum Gasteiger partial charge on any atom is 1.00 e. The van der Waals surface area contributed by atoms with Crippen molar-refractivity contribution in [3.8, 4) is 0 Å². The van der Waals surface area contributed by atoms with E-state index in [4.69, 9.17) is 0 Å². The molecule has 0 spiro atoms. The topological polar surface area (TPSA) is 14.1 Å². The molecule has 0 aromatic heterocycles. The molecule has 0 N–H and O–H groups in total. The van der Waals surface area contributed by atoms with Crippen LogP contribution in [-0.4, -0.2) is 13.1 Å². The number of rotatable bonds is 6. The normalized spacial score (nSPS) is 9.00. The fraction of sp³-hybridized carbons (Fsp3) is 1.00. The molecule has 0 aromatic rings. The van der Waals surface area contributed by atoms with Crippen LogP contribution in [0.1, 0.15) is 39.5 Å². The Kier molecular flexibility index (Phi) is 17.1. The summed E-state index contributed by atoms with van der Waals surface area (Å²) in [6, 6.07) is 0. The van der Waals surface area contributed by atoms with Crippen LogP contribution in [-0.2, 0) is 0 Å². The van der Waals surface area contributed by atoms with Gasteiger partial charge in [-0.05, 0) is 0 Å². The molecule has 0 rings (SSSR count). The second kappa shape index (κ2) is 12.6. The maximum absolute atomic E-state index is 4.35. The second-order valence-electron chi connectivity index (χ2n) is 2.38. The fourth-order valence-electron chi connectivity index (χ4n) is 0.652. The third kappa shape index (κ3) is 11.7. The molecule has 56 valence electrons. The summed E-state index contributed by atoms with van der Waals surface area (Å²) >= 11 is 0. The van der Waals surface area contributed by atoms with Gasteiger partial charge in [0.2, 0.25) is 0 Å². The van der Waals surface area contributed by atoms with Crippen LogP contribution < -0.4 is 29.6 Å². The molecule has 0 unspecified atom stereocenters. The minimum atomic E-state index is 0. The molecule has 0 saturated heterocycles. The molecule has 0 saturated carbocycles. The van der Waals surface area contributed by atoms with Crippen molar-refractivity contribution in [2.24, 2.45) is 0 Å². The summed E-state index contributed by atoms with van der Waals surface area (Å²) in [4.78, 5) is 0. The van der Waals surface area contributed by atoms with Crippen LogP contribution in [0.4, 0.5) is 0 Å². The Balaban J connectivity index is 0. The molecule has 0 atom stereocenters. The van der Waals surface area contributed by atoms with Gasteiger partial charge in [0.05, 0.1) is 0 Å². The van der Waals surface area contributed by atoms with Crippen LogP contribution in [0.25, 0.3) is 5.32 Å². The van der Waals surface area contributed by atoms with Gasteiger partial charge in [-0.3, -0.25) is 0 Å². The summed E-state index contributed by atoms with van der Waals surface area (Å²) in [6.45, 7) is 6.57. The average Bonchev–Trinajstić information content (AvgIpc) is 1.89. The van der Waals surface area contributed by atoms with Crippen LogP contribution in [0.3, 0.4) is 0 Å². The number of unbranched alkanes of at least 4 members (excludes halogenated alkanes) is 2. The van der Waals surface area contributed by atoms with Crippen molar-refractivity contribution in [2.45, 2.75) is 39.5 Å². The smallest absolute Gasteiger partial charge is 0.662 e. The van der Waals surface area contributed by atoms with E-state index in [0.29, 0.717) is 0 Å². The van der Waals surface area contributed by atoms with Crippen molar-refractivity contribution in [3.05, 3.63) is 5.32 Å². The number of nitrogens with zero attached hydrogens (tertiary/aromatic N) is 1. The zero-order chi connectivity index (χ0) is 6.95. The molecule has 0 aromatic carbocycles. The molecule has 0 fully saturated rings. The summed E-state index contributed by atoms with van der Waals surface area (Å²) in [5.74, 6) is 0. The van der Waals surface area contributed by atoms with Gasteiger partial charge in [0.15, 0.2) is 0 Å². The monoisotopic (exact) mass is 151 g/mol. The number of hydrogen-bond donors (Lipinski definition) is 0. The Bertz CT molecular complexity index is 42.5. The van der Waals surface area contributed by atoms with E-state index in [-0.39, 0.29) is 29.6 Å². The molecule has 1 nitrogen and oxygen atoms in total. The van der Waals surface area contributed by atoms with Gasteiger partial charge in [-0.25, -0.2) is 0 Å². The van der Waals surface area contributed by atoms with Crippen molar-refractivity contribution in [2.75, 3.05) is 13.1 Å². The minimum absolute atomic E-state index is 0. The minimum Gasteiger partial charge on any atom is -0.662 e. The Morgan fingerprint density at radius 1 is 0.900 bits per heavy atom. The second-order valence-corrected chi connectivity index (χ2v) is 2.38. The van der Waals surface area contributed by atoms with Crippen molar-refractivity contribution >= 4 is 0 Å². The first-order valence-corrected chi connectivity index (χ1v) is 4.05. The van der Waals surface area contributed by atoms with E-state index in [9.17, 15) is 0 Å². The largest absolute Gasteiger partial charge is 1.00 e. The summed E-state index contributed by atoms with van der Waals surface area (Å²) in [5, 5.41) is 4.35. The first kappa shape index (κ1) is 13.5. The molecule has 0 aliphatic carbocycles. The summed E-state index contributed by atoms with van der Waals surface area (Å²) in [6.07, 6.45) is 5.08. The van der Waals surface area contributed by atoms with E-state index < -0.39 is 0 Å². The predicted molar refractivity (Wildman–Crippen MR) is 42.9 cm³/mol. The molecule has 0 amide bonds. The third-order valence-corrected chi connectivity index (χ3v) is 1.34. The zero-order valence-electron chi connectivity index (χ0n) is 7.69. The number of hydrogen-bond acceptors (Lipinski definition) is 0. The standard InChI is InChI=1S/C8H18N.Na/c1-3-5-7-9-8-6-4-2;/h3-8H2,1-2H3;/q-1;+1. The van der Waals surface area contributed by atoms with Crippen molar-refractivity contribution < 1.29 is 29.6 Å². The van der Waals surface area contributed by atoms with Crippen molar-refractivity contribution in [3.63, 3.8) is 0 Å². The van der Waals surface area contributed by atoms with Gasteiger partial charge < -0.3 is 5.32 Å². The first-order valence-electron chi connectivity index (χ1n) is 4.05. The zero-order valence-corrected chi connectivity index (χ0v) is 9.69. The molecule has 0 bridgehead atoms. The van der Waals surface area contributed by atoms with Crippen LogP contribution in [0, 0.1) is 0 Å². The molecule has 10 heavy (non-hydrogen) atoms. The Morgan fingerprint density at radius 2 is 1.30 bits per heavy atom. The van der Waals surface area contributed by atoms with E-state index in [1.54, 1.807) is 0 Å². The molecule has 0 aliphatic heterocycles. The van der Waals surface area contributed by atoms with Gasteiger partial charge in [-0.2, -0.15) is 0 Å². The van der Waals surface area contributed by atoms with Crippen LogP contribution >= 0.6 is 0 Å². The fourth-order valence-corrected chi connectivity index (χ4v) is 0.652. The van der Waals surface area contributed by atoms with E-state index in [1.807, 2.05) is 0 Å².